The second-order valence-electron chi connectivity index (χ2n) is 6.04. The first-order chi connectivity index (χ1) is 10.8. The van der Waals surface area contributed by atoms with Gasteiger partial charge in [0.15, 0.2) is 0 Å². The molecule has 126 valence electrons. The lowest BCUT2D eigenvalue weighted by atomic mass is 9.91. The molecular formula is C15H20N2O5S. The van der Waals surface area contributed by atoms with Crippen LogP contribution in [-0.2, 0) is 14.9 Å². The molecule has 1 spiro atoms. The Balaban J connectivity index is 1.76. The van der Waals surface area contributed by atoms with Crippen molar-refractivity contribution in [2.45, 2.75) is 30.3 Å². The van der Waals surface area contributed by atoms with Crippen molar-refractivity contribution in [2.24, 2.45) is 0 Å². The lowest BCUT2D eigenvalue weighted by Gasteiger charge is -2.36. The molecule has 0 aliphatic carbocycles. The minimum atomic E-state index is -4.23. The lowest BCUT2D eigenvalue weighted by Crippen LogP contribution is -2.46. The number of carbonyl (C=O) groups excluding carboxylic acids is 1. The summed E-state index contributed by atoms with van der Waals surface area (Å²) in [6.07, 6.45) is 1.19. The summed E-state index contributed by atoms with van der Waals surface area (Å²) in [5, 5.41) is 0. The smallest absolute Gasteiger partial charge is 0.415 e. The molecule has 0 bridgehead atoms. The van der Waals surface area contributed by atoms with Gasteiger partial charge in [0.25, 0.3) is 10.1 Å². The minimum absolute atomic E-state index is 0.195. The van der Waals surface area contributed by atoms with Crippen LogP contribution in [0.5, 0.6) is 0 Å². The Bertz CT molecular complexity index is 693. The van der Waals surface area contributed by atoms with E-state index in [0.29, 0.717) is 12.2 Å². The van der Waals surface area contributed by atoms with Crippen molar-refractivity contribution in [1.82, 2.24) is 4.90 Å². The number of benzene rings is 1. The number of likely N-dealkylation sites (tertiary alicyclic amines) is 1. The Hall–Kier alpha value is -1.64. The first-order valence-electron chi connectivity index (χ1n) is 7.63. The molecule has 2 fully saturated rings. The Morgan fingerprint density at radius 2 is 1.83 bits per heavy atom. The largest absolute Gasteiger partial charge is 0.441 e. The third kappa shape index (κ3) is 3.19. The fraction of sp³-hybridized carbons (Fsp3) is 0.533. The average Bonchev–Trinajstić information content (AvgIpc) is 2.84. The number of anilines is 1. The zero-order valence-electron chi connectivity index (χ0n) is 12.9. The quantitative estimate of drug-likeness (QED) is 0.844. The molecule has 7 nitrogen and oxygen atoms in total. The maximum absolute atomic E-state index is 12.2. The van der Waals surface area contributed by atoms with Crippen LogP contribution in [-0.4, -0.2) is 55.7 Å². The van der Waals surface area contributed by atoms with Crippen molar-refractivity contribution in [3.8, 4) is 0 Å². The molecule has 23 heavy (non-hydrogen) atoms. The highest BCUT2D eigenvalue weighted by atomic mass is 32.2. The number of amides is 1. The highest BCUT2D eigenvalue weighted by molar-refractivity contribution is 7.85. The molecule has 0 radical (unpaired) electrons. The number of hydrogen-bond donors (Lipinski definition) is 1. The van der Waals surface area contributed by atoms with E-state index in [2.05, 4.69) is 11.8 Å². The third-order valence-corrected chi connectivity index (χ3v) is 5.50. The van der Waals surface area contributed by atoms with Crippen molar-refractivity contribution < 1.29 is 22.5 Å². The average molecular weight is 340 g/mol. The number of hydrogen-bond acceptors (Lipinski definition) is 5. The number of ether oxygens (including phenoxy) is 1. The lowest BCUT2D eigenvalue weighted by molar-refractivity contribution is 0.00222. The van der Waals surface area contributed by atoms with Crippen LogP contribution in [0.4, 0.5) is 10.5 Å². The van der Waals surface area contributed by atoms with Crippen LogP contribution in [0.25, 0.3) is 0 Å². The number of piperidine rings is 1. The van der Waals surface area contributed by atoms with Crippen LogP contribution in [0.15, 0.2) is 29.2 Å². The summed E-state index contributed by atoms with van der Waals surface area (Å²) >= 11 is 0. The number of carbonyl (C=O) groups is 1. The third-order valence-electron chi connectivity index (χ3n) is 4.63. The topological polar surface area (TPSA) is 87.2 Å². The molecule has 2 aliphatic rings. The number of rotatable bonds is 3. The molecule has 8 heteroatoms. The summed E-state index contributed by atoms with van der Waals surface area (Å²) < 4.78 is 36.8. The molecule has 0 saturated carbocycles. The van der Waals surface area contributed by atoms with Crippen molar-refractivity contribution in [3.05, 3.63) is 24.3 Å². The van der Waals surface area contributed by atoms with E-state index in [9.17, 15) is 13.2 Å². The molecular weight excluding hydrogens is 320 g/mol. The van der Waals surface area contributed by atoms with Crippen LogP contribution < -0.4 is 4.90 Å². The Labute approximate surface area is 135 Å². The van der Waals surface area contributed by atoms with E-state index >= 15 is 0 Å². The fourth-order valence-electron chi connectivity index (χ4n) is 3.16. The van der Waals surface area contributed by atoms with E-state index in [-0.39, 0.29) is 4.90 Å². The molecule has 0 aromatic heterocycles. The van der Waals surface area contributed by atoms with Gasteiger partial charge in [-0.3, -0.25) is 9.45 Å². The van der Waals surface area contributed by atoms with E-state index in [1.165, 1.54) is 29.2 Å². The van der Waals surface area contributed by atoms with E-state index in [0.717, 1.165) is 32.5 Å². The maximum atomic E-state index is 12.2. The van der Waals surface area contributed by atoms with Gasteiger partial charge in [0.2, 0.25) is 0 Å². The molecule has 0 unspecified atom stereocenters. The molecule has 1 aromatic rings. The van der Waals surface area contributed by atoms with Gasteiger partial charge in [0.05, 0.1) is 11.4 Å². The van der Waals surface area contributed by atoms with Gasteiger partial charge in [-0.2, -0.15) is 8.42 Å². The first kappa shape index (κ1) is 16.2. The minimum Gasteiger partial charge on any atom is -0.441 e. The van der Waals surface area contributed by atoms with Crippen molar-refractivity contribution in [2.75, 3.05) is 31.1 Å². The van der Waals surface area contributed by atoms with Crippen LogP contribution in [0.3, 0.4) is 0 Å². The van der Waals surface area contributed by atoms with Crippen LogP contribution >= 0.6 is 0 Å². The molecule has 0 atom stereocenters. The normalized spacial score (nSPS) is 21.7. The van der Waals surface area contributed by atoms with Gasteiger partial charge in [0, 0.05) is 31.6 Å². The molecule has 1 amide bonds. The van der Waals surface area contributed by atoms with E-state index in [1.54, 1.807) is 0 Å². The van der Waals surface area contributed by atoms with E-state index < -0.39 is 21.8 Å². The van der Waals surface area contributed by atoms with Gasteiger partial charge in [-0.05, 0) is 30.8 Å². The predicted molar refractivity (Wildman–Crippen MR) is 84.2 cm³/mol. The Kier molecular flexibility index (Phi) is 4.07. The molecule has 1 aromatic carbocycles. The van der Waals surface area contributed by atoms with Crippen molar-refractivity contribution in [1.29, 1.82) is 0 Å². The van der Waals surface area contributed by atoms with Gasteiger partial charge >= 0.3 is 6.09 Å². The Morgan fingerprint density at radius 3 is 2.35 bits per heavy atom. The Morgan fingerprint density at radius 1 is 1.22 bits per heavy atom. The van der Waals surface area contributed by atoms with Gasteiger partial charge in [-0.25, -0.2) is 4.79 Å². The fourth-order valence-corrected chi connectivity index (χ4v) is 3.64. The molecule has 2 saturated heterocycles. The summed E-state index contributed by atoms with van der Waals surface area (Å²) in [6, 6.07) is 5.57. The zero-order chi connectivity index (χ0) is 16.7. The standard InChI is InChI=1S/C15H20N2O5S/c1-2-16-9-7-15(8-10-16)11-17(14(18)22-15)12-3-5-13(6-4-12)23(19,20)21/h3-6H,2,7-11H2,1H3,(H,19,20,21). The van der Waals surface area contributed by atoms with Crippen LogP contribution in [0.1, 0.15) is 19.8 Å². The molecule has 2 heterocycles. The van der Waals surface area contributed by atoms with E-state index in [4.69, 9.17) is 9.29 Å². The summed E-state index contributed by atoms with van der Waals surface area (Å²) in [7, 11) is -4.23. The van der Waals surface area contributed by atoms with Gasteiger partial charge in [-0.15, -0.1) is 0 Å². The highest BCUT2D eigenvalue weighted by Crippen LogP contribution is 2.35. The molecule has 1 N–H and O–H groups in total. The SMILES string of the molecule is CCN1CCC2(CC1)CN(c1ccc(S(=O)(=O)O)cc1)C(=O)O2. The zero-order valence-corrected chi connectivity index (χ0v) is 13.8. The van der Waals surface area contributed by atoms with Crippen molar-refractivity contribution >= 4 is 21.9 Å². The van der Waals surface area contributed by atoms with E-state index in [1.807, 2.05) is 0 Å². The van der Waals surface area contributed by atoms with Gasteiger partial charge < -0.3 is 9.64 Å². The highest BCUT2D eigenvalue weighted by Gasteiger charge is 2.47. The predicted octanol–water partition coefficient (Wildman–Crippen LogP) is 1.74. The summed E-state index contributed by atoms with van der Waals surface area (Å²) in [5.41, 5.74) is 0.113. The van der Waals surface area contributed by atoms with Crippen molar-refractivity contribution in [3.63, 3.8) is 0 Å². The first-order valence-corrected chi connectivity index (χ1v) is 9.07. The molecule has 2 aliphatic heterocycles. The summed E-state index contributed by atoms with van der Waals surface area (Å²) in [6.45, 7) is 5.37. The number of nitrogens with zero attached hydrogens (tertiary/aromatic N) is 2. The maximum Gasteiger partial charge on any atom is 0.415 e. The van der Waals surface area contributed by atoms with Gasteiger partial charge in [0.1, 0.15) is 5.60 Å². The van der Waals surface area contributed by atoms with Crippen LogP contribution in [0.2, 0.25) is 0 Å². The van der Waals surface area contributed by atoms with Crippen LogP contribution in [0, 0.1) is 0 Å². The molecule has 3 rings (SSSR count). The second-order valence-corrected chi connectivity index (χ2v) is 7.46. The monoisotopic (exact) mass is 340 g/mol. The summed E-state index contributed by atoms with van der Waals surface area (Å²) in [5.74, 6) is 0. The summed E-state index contributed by atoms with van der Waals surface area (Å²) in [4.78, 5) is 15.9. The second kappa shape index (κ2) is 5.77. The van der Waals surface area contributed by atoms with Gasteiger partial charge in [-0.1, -0.05) is 6.92 Å².